The molecule has 1 fully saturated rings. The summed E-state index contributed by atoms with van der Waals surface area (Å²) in [5.41, 5.74) is -0.993. The fourth-order valence-electron chi connectivity index (χ4n) is 2.63. The minimum atomic E-state index is -0.878. The van der Waals surface area contributed by atoms with Crippen LogP contribution in [0, 0.1) is 23.2 Å². The Kier molecular flexibility index (Phi) is 3.79. The van der Waals surface area contributed by atoms with Crippen LogP contribution in [0.15, 0.2) is 18.3 Å². The van der Waals surface area contributed by atoms with Crippen molar-refractivity contribution in [3.8, 4) is 6.07 Å². The summed E-state index contributed by atoms with van der Waals surface area (Å²) in [6, 6.07) is 5.06. The number of pyridine rings is 1. The summed E-state index contributed by atoms with van der Waals surface area (Å²) < 4.78 is 13.4. The molecule has 1 aliphatic rings. The minimum absolute atomic E-state index is 0.115. The summed E-state index contributed by atoms with van der Waals surface area (Å²) in [5.74, 6) is -0.995. The van der Waals surface area contributed by atoms with E-state index in [1.165, 1.54) is 18.3 Å². The fourth-order valence-corrected chi connectivity index (χ4v) is 2.63. The number of aromatic nitrogens is 1. The zero-order valence-corrected chi connectivity index (χ0v) is 10.8. The van der Waals surface area contributed by atoms with Gasteiger partial charge in [0.05, 0.1) is 11.6 Å². The van der Waals surface area contributed by atoms with Crippen molar-refractivity contribution >= 4 is 5.91 Å². The number of carbonyl (C=O) groups excluding carboxylic acids is 1. The second kappa shape index (κ2) is 5.35. The molecule has 0 radical (unpaired) electrons. The highest BCUT2D eigenvalue weighted by Crippen LogP contribution is 2.32. The first-order chi connectivity index (χ1) is 9.06. The van der Waals surface area contributed by atoms with E-state index in [-0.39, 0.29) is 5.56 Å². The van der Waals surface area contributed by atoms with Crippen LogP contribution >= 0.6 is 0 Å². The zero-order valence-electron chi connectivity index (χ0n) is 10.8. The lowest BCUT2D eigenvalue weighted by atomic mass is 9.77. The van der Waals surface area contributed by atoms with E-state index >= 15 is 0 Å². The Bertz CT molecular complexity index is 526. The van der Waals surface area contributed by atoms with Gasteiger partial charge in [-0.3, -0.25) is 4.79 Å². The number of nitrogens with zero attached hydrogens (tertiary/aromatic N) is 2. The van der Waals surface area contributed by atoms with Crippen LogP contribution in [-0.2, 0) is 0 Å². The van der Waals surface area contributed by atoms with Gasteiger partial charge in [-0.2, -0.15) is 9.65 Å². The molecule has 0 aromatic carbocycles. The van der Waals surface area contributed by atoms with Crippen molar-refractivity contribution in [3.63, 3.8) is 0 Å². The SMILES string of the molecule is C[C@@H]1CCC[C@@](C#N)(NC(=O)c2cccnc2F)C1. The molecule has 19 heavy (non-hydrogen) atoms. The van der Waals surface area contributed by atoms with Crippen LogP contribution in [0.3, 0.4) is 0 Å². The molecule has 2 rings (SSSR count). The zero-order chi connectivity index (χ0) is 13.9. The molecule has 0 saturated heterocycles. The maximum Gasteiger partial charge on any atom is 0.257 e. The number of hydrogen-bond acceptors (Lipinski definition) is 3. The first-order valence-corrected chi connectivity index (χ1v) is 6.40. The van der Waals surface area contributed by atoms with E-state index in [1.807, 2.05) is 0 Å². The molecular formula is C14H16FN3O. The van der Waals surface area contributed by atoms with Crippen LogP contribution < -0.4 is 5.32 Å². The predicted molar refractivity (Wildman–Crippen MR) is 67.6 cm³/mol. The van der Waals surface area contributed by atoms with Gasteiger partial charge in [0.15, 0.2) is 0 Å². The highest BCUT2D eigenvalue weighted by Gasteiger charge is 2.37. The molecule has 4 nitrogen and oxygen atoms in total. The van der Waals surface area contributed by atoms with Crippen LogP contribution in [0.1, 0.15) is 43.0 Å². The Labute approximate surface area is 111 Å². The first kappa shape index (κ1) is 13.5. The van der Waals surface area contributed by atoms with E-state index in [1.54, 1.807) is 0 Å². The molecule has 0 aliphatic heterocycles. The predicted octanol–water partition coefficient (Wildman–Crippen LogP) is 2.42. The quantitative estimate of drug-likeness (QED) is 0.831. The third-order valence-electron chi connectivity index (χ3n) is 3.57. The van der Waals surface area contributed by atoms with Gasteiger partial charge in [0, 0.05) is 6.20 Å². The molecule has 5 heteroatoms. The minimum Gasteiger partial charge on any atom is -0.334 e. The third-order valence-corrected chi connectivity index (χ3v) is 3.57. The van der Waals surface area contributed by atoms with Crippen molar-refractivity contribution in [2.45, 2.75) is 38.1 Å². The summed E-state index contributed by atoms with van der Waals surface area (Å²) in [4.78, 5) is 15.5. The second-order valence-corrected chi connectivity index (χ2v) is 5.19. The van der Waals surface area contributed by atoms with Crippen LogP contribution in [0.2, 0.25) is 0 Å². The highest BCUT2D eigenvalue weighted by atomic mass is 19.1. The van der Waals surface area contributed by atoms with Gasteiger partial charge in [-0.25, -0.2) is 4.98 Å². The van der Waals surface area contributed by atoms with Crippen LogP contribution in [-0.4, -0.2) is 16.4 Å². The number of rotatable bonds is 2. The van der Waals surface area contributed by atoms with Crippen molar-refractivity contribution in [2.75, 3.05) is 0 Å². The van der Waals surface area contributed by atoms with Gasteiger partial charge >= 0.3 is 0 Å². The Morgan fingerprint density at radius 2 is 2.47 bits per heavy atom. The highest BCUT2D eigenvalue weighted by molar-refractivity contribution is 5.94. The van der Waals surface area contributed by atoms with Crippen LogP contribution in [0.5, 0.6) is 0 Å². The monoisotopic (exact) mass is 261 g/mol. The number of nitrogens with one attached hydrogen (secondary N) is 1. The van der Waals surface area contributed by atoms with E-state index in [0.29, 0.717) is 18.8 Å². The van der Waals surface area contributed by atoms with Gasteiger partial charge in [0.25, 0.3) is 5.91 Å². The average molecular weight is 261 g/mol. The van der Waals surface area contributed by atoms with Crippen LogP contribution in [0.25, 0.3) is 0 Å². The molecule has 1 amide bonds. The van der Waals surface area contributed by atoms with Crippen molar-refractivity contribution in [3.05, 3.63) is 29.8 Å². The molecule has 1 heterocycles. The third kappa shape index (κ3) is 2.90. The summed E-state index contributed by atoms with van der Waals surface area (Å²) in [6.07, 6.45) is 4.46. The largest absolute Gasteiger partial charge is 0.334 e. The number of halogens is 1. The van der Waals surface area contributed by atoms with Gasteiger partial charge in [0.2, 0.25) is 5.95 Å². The van der Waals surface area contributed by atoms with Gasteiger partial charge in [-0.15, -0.1) is 0 Å². The summed E-state index contributed by atoms with van der Waals surface area (Å²) in [7, 11) is 0. The maximum absolute atomic E-state index is 13.4. The standard InChI is InChI=1S/C14H16FN3O/c1-10-4-2-6-14(8-10,9-16)18-13(19)11-5-3-7-17-12(11)15/h3,5,7,10H,2,4,6,8H2,1H3,(H,18,19)/t10-,14-/m1/s1. The molecule has 1 aliphatic carbocycles. The lowest BCUT2D eigenvalue weighted by Crippen LogP contribution is -2.50. The van der Waals surface area contributed by atoms with Gasteiger partial charge in [-0.05, 0) is 37.3 Å². The van der Waals surface area contributed by atoms with Crippen molar-refractivity contribution in [1.29, 1.82) is 5.26 Å². The van der Waals surface area contributed by atoms with Crippen molar-refractivity contribution in [2.24, 2.45) is 5.92 Å². The number of hydrogen-bond donors (Lipinski definition) is 1. The smallest absolute Gasteiger partial charge is 0.257 e. The average Bonchev–Trinajstić information content (AvgIpc) is 2.39. The molecule has 1 N–H and O–H groups in total. The molecule has 0 spiro atoms. The van der Waals surface area contributed by atoms with E-state index in [4.69, 9.17) is 0 Å². The number of carbonyl (C=O) groups is 1. The fraction of sp³-hybridized carbons (Fsp3) is 0.500. The first-order valence-electron chi connectivity index (χ1n) is 6.40. The Balaban J connectivity index is 2.17. The summed E-state index contributed by atoms with van der Waals surface area (Å²) in [6.45, 7) is 2.06. The number of nitriles is 1. The molecule has 1 aromatic heterocycles. The normalized spacial score (nSPS) is 26.5. The summed E-state index contributed by atoms with van der Waals surface area (Å²) in [5, 5.41) is 12.0. The lowest BCUT2D eigenvalue weighted by Gasteiger charge is -2.34. The molecule has 0 unspecified atom stereocenters. The van der Waals surface area contributed by atoms with E-state index in [9.17, 15) is 14.4 Å². The lowest BCUT2D eigenvalue weighted by molar-refractivity contribution is 0.0885. The van der Waals surface area contributed by atoms with Gasteiger partial charge in [0.1, 0.15) is 5.54 Å². The maximum atomic E-state index is 13.4. The van der Waals surface area contributed by atoms with Crippen molar-refractivity contribution in [1.82, 2.24) is 10.3 Å². The van der Waals surface area contributed by atoms with E-state index < -0.39 is 17.4 Å². The molecule has 1 aromatic rings. The molecule has 2 atom stereocenters. The number of amides is 1. The molecule has 0 bridgehead atoms. The molecular weight excluding hydrogens is 245 g/mol. The van der Waals surface area contributed by atoms with Gasteiger partial charge < -0.3 is 5.32 Å². The van der Waals surface area contributed by atoms with E-state index in [0.717, 1.165) is 12.8 Å². The Morgan fingerprint density at radius 3 is 3.11 bits per heavy atom. The molecule has 100 valence electrons. The van der Waals surface area contributed by atoms with Gasteiger partial charge in [-0.1, -0.05) is 13.3 Å². The van der Waals surface area contributed by atoms with Crippen molar-refractivity contribution < 1.29 is 9.18 Å². The second-order valence-electron chi connectivity index (χ2n) is 5.19. The Hall–Kier alpha value is -1.96. The van der Waals surface area contributed by atoms with Crippen LogP contribution in [0.4, 0.5) is 4.39 Å². The van der Waals surface area contributed by atoms with E-state index in [2.05, 4.69) is 23.3 Å². The molecule has 1 saturated carbocycles. The topological polar surface area (TPSA) is 65.8 Å². The summed E-state index contributed by atoms with van der Waals surface area (Å²) >= 11 is 0. The Morgan fingerprint density at radius 1 is 1.68 bits per heavy atom.